The largest absolute Gasteiger partial charge is 0.360 e. The zero-order chi connectivity index (χ0) is 9.26. The Morgan fingerprint density at radius 3 is 2.85 bits per heavy atom. The van der Waals surface area contributed by atoms with E-state index in [0.717, 1.165) is 10.6 Å². The number of aromatic nitrogens is 1. The molecule has 0 radical (unpaired) electrons. The van der Waals surface area contributed by atoms with Crippen molar-refractivity contribution in [3.05, 3.63) is 45.6 Å². The number of thiophene rings is 1. The normalized spacial score (nSPS) is 10.2. The first kappa shape index (κ1) is 8.26. The Morgan fingerprint density at radius 2 is 2.23 bits per heavy atom. The van der Waals surface area contributed by atoms with E-state index in [2.05, 4.69) is 4.98 Å². The Kier molecular flexibility index (Phi) is 2.02. The van der Waals surface area contributed by atoms with Crippen molar-refractivity contribution in [3.8, 4) is 10.6 Å². The molecule has 13 heavy (non-hydrogen) atoms. The lowest BCUT2D eigenvalue weighted by molar-refractivity contribution is 1.31. The van der Waals surface area contributed by atoms with Crippen LogP contribution in [0.1, 0.15) is 5.56 Å². The van der Waals surface area contributed by atoms with Crippen molar-refractivity contribution in [1.82, 2.24) is 4.98 Å². The van der Waals surface area contributed by atoms with E-state index in [4.69, 9.17) is 0 Å². The number of aromatic amines is 1. The van der Waals surface area contributed by atoms with Crippen LogP contribution in [0.5, 0.6) is 0 Å². The molecular weight excluding hydrogens is 182 g/mol. The predicted molar refractivity (Wildman–Crippen MR) is 55.1 cm³/mol. The molecule has 0 spiro atoms. The zero-order valence-corrected chi connectivity index (χ0v) is 8.02. The van der Waals surface area contributed by atoms with Gasteiger partial charge in [0.25, 0.3) is 0 Å². The van der Waals surface area contributed by atoms with Gasteiger partial charge in [0, 0.05) is 18.3 Å². The van der Waals surface area contributed by atoms with Gasteiger partial charge in [0.15, 0.2) is 5.43 Å². The highest BCUT2D eigenvalue weighted by molar-refractivity contribution is 7.13. The minimum atomic E-state index is 0.0431. The molecule has 1 N–H and O–H groups in total. The van der Waals surface area contributed by atoms with Gasteiger partial charge >= 0.3 is 0 Å². The van der Waals surface area contributed by atoms with E-state index in [1.165, 1.54) is 11.6 Å². The van der Waals surface area contributed by atoms with Gasteiger partial charge in [-0.05, 0) is 23.9 Å². The molecule has 2 aromatic rings. The molecule has 0 aliphatic rings. The van der Waals surface area contributed by atoms with E-state index in [9.17, 15) is 4.79 Å². The molecular formula is C10H9NOS. The maximum Gasteiger partial charge on any atom is 0.182 e. The van der Waals surface area contributed by atoms with Crippen LogP contribution in [0, 0.1) is 6.92 Å². The van der Waals surface area contributed by atoms with Gasteiger partial charge in [0.05, 0.1) is 10.6 Å². The molecule has 66 valence electrons. The van der Waals surface area contributed by atoms with Crippen LogP contribution in [0.3, 0.4) is 0 Å². The van der Waals surface area contributed by atoms with E-state index < -0.39 is 0 Å². The molecule has 0 aliphatic heterocycles. The summed E-state index contributed by atoms with van der Waals surface area (Å²) in [5, 5.41) is 2.02. The average molecular weight is 191 g/mol. The summed E-state index contributed by atoms with van der Waals surface area (Å²) in [6, 6.07) is 5.19. The maximum absolute atomic E-state index is 11.1. The van der Waals surface area contributed by atoms with Gasteiger partial charge in [0.1, 0.15) is 0 Å². The van der Waals surface area contributed by atoms with Gasteiger partial charge in [-0.1, -0.05) is 0 Å². The van der Waals surface area contributed by atoms with Crippen molar-refractivity contribution in [1.29, 1.82) is 0 Å². The first-order valence-electron chi connectivity index (χ1n) is 4.00. The lowest BCUT2D eigenvalue weighted by Gasteiger charge is -1.97. The fourth-order valence-electron chi connectivity index (χ4n) is 1.23. The van der Waals surface area contributed by atoms with E-state index in [1.54, 1.807) is 23.6 Å². The van der Waals surface area contributed by atoms with Crippen LogP contribution in [0.4, 0.5) is 0 Å². The van der Waals surface area contributed by atoms with Gasteiger partial charge < -0.3 is 4.98 Å². The van der Waals surface area contributed by atoms with Crippen LogP contribution >= 0.6 is 11.3 Å². The van der Waals surface area contributed by atoms with Crippen LogP contribution in [-0.2, 0) is 0 Å². The predicted octanol–water partition coefficient (Wildman–Crippen LogP) is 2.41. The summed E-state index contributed by atoms with van der Waals surface area (Å²) < 4.78 is 0. The van der Waals surface area contributed by atoms with Crippen molar-refractivity contribution in [2.45, 2.75) is 6.92 Å². The molecule has 0 atom stereocenters. The highest BCUT2D eigenvalue weighted by Crippen LogP contribution is 2.25. The fourth-order valence-corrected chi connectivity index (χ4v) is 2.13. The van der Waals surface area contributed by atoms with E-state index >= 15 is 0 Å². The third kappa shape index (κ3) is 1.55. The second-order valence-corrected chi connectivity index (χ2v) is 3.79. The van der Waals surface area contributed by atoms with E-state index in [1.807, 2.05) is 18.4 Å². The molecule has 2 heterocycles. The van der Waals surface area contributed by atoms with E-state index in [0.29, 0.717) is 0 Å². The Morgan fingerprint density at radius 1 is 1.38 bits per heavy atom. The first-order valence-corrected chi connectivity index (χ1v) is 4.88. The first-order chi connectivity index (χ1) is 6.27. The number of nitrogens with one attached hydrogen (secondary N) is 1. The molecule has 0 fully saturated rings. The van der Waals surface area contributed by atoms with Gasteiger partial charge in [0.2, 0.25) is 0 Å². The monoisotopic (exact) mass is 191 g/mol. The quantitative estimate of drug-likeness (QED) is 0.737. The molecule has 2 nitrogen and oxygen atoms in total. The average Bonchev–Trinajstić information content (AvgIpc) is 2.51. The second-order valence-electron chi connectivity index (χ2n) is 2.87. The third-order valence-corrected chi connectivity index (χ3v) is 2.93. The Labute approximate surface area is 79.9 Å². The minimum absolute atomic E-state index is 0.0431. The number of hydrogen-bond acceptors (Lipinski definition) is 2. The summed E-state index contributed by atoms with van der Waals surface area (Å²) in [4.78, 5) is 15.3. The van der Waals surface area contributed by atoms with Crippen molar-refractivity contribution in [3.63, 3.8) is 0 Å². The molecule has 0 saturated carbocycles. The zero-order valence-electron chi connectivity index (χ0n) is 7.20. The standard InChI is InChI=1S/C10H9NOS/c1-7-3-5-13-10(7)9-6-8(12)2-4-11-9/h2-6H,1H3,(H,11,12). The number of H-pyrrole nitrogens is 1. The highest BCUT2D eigenvalue weighted by atomic mass is 32.1. The smallest absolute Gasteiger partial charge is 0.182 e. The molecule has 0 saturated heterocycles. The summed E-state index contributed by atoms with van der Waals surface area (Å²) in [6.07, 6.45) is 1.68. The highest BCUT2D eigenvalue weighted by Gasteiger charge is 2.02. The molecule has 0 amide bonds. The summed E-state index contributed by atoms with van der Waals surface area (Å²) in [7, 11) is 0. The number of rotatable bonds is 1. The van der Waals surface area contributed by atoms with Crippen molar-refractivity contribution in [2.75, 3.05) is 0 Å². The lowest BCUT2D eigenvalue weighted by Crippen LogP contribution is -1.97. The summed E-state index contributed by atoms with van der Waals surface area (Å²) in [6.45, 7) is 2.04. The van der Waals surface area contributed by atoms with Crippen molar-refractivity contribution in [2.24, 2.45) is 0 Å². The molecule has 2 rings (SSSR count). The van der Waals surface area contributed by atoms with Gasteiger partial charge in [-0.15, -0.1) is 11.3 Å². The number of aryl methyl sites for hydroxylation is 1. The topological polar surface area (TPSA) is 32.9 Å². The van der Waals surface area contributed by atoms with Crippen LogP contribution in [0.25, 0.3) is 10.6 Å². The Hall–Kier alpha value is -1.35. The van der Waals surface area contributed by atoms with Crippen LogP contribution in [-0.4, -0.2) is 4.98 Å². The van der Waals surface area contributed by atoms with Gasteiger partial charge in [-0.25, -0.2) is 0 Å². The van der Waals surface area contributed by atoms with Crippen LogP contribution < -0.4 is 5.43 Å². The molecule has 0 unspecified atom stereocenters. The SMILES string of the molecule is Cc1ccsc1-c1cc(=O)cc[nH]1. The molecule has 0 aliphatic carbocycles. The third-order valence-electron chi connectivity index (χ3n) is 1.88. The summed E-state index contributed by atoms with van der Waals surface area (Å²) >= 11 is 1.64. The van der Waals surface area contributed by atoms with Crippen molar-refractivity contribution < 1.29 is 0 Å². The second kappa shape index (κ2) is 3.18. The fraction of sp³-hybridized carbons (Fsp3) is 0.100. The van der Waals surface area contributed by atoms with Crippen molar-refractivity contribution >= 4 is 11.3 Å². The molecule has 3 heteroatoms. The summed E-state index contributed by atoms with van der Waals surface area (Å²) in [5.74, 6) is 0. The molecule has 0 bridgehead atoms. The summed E-state index contributed by atoms with van der Waals surface area (Å²) in [5.41, 5.74) is 2.15. The van der Waals surface area contributed by atoms with Gasteiger partial charge in [-0.3, -0.25) is 4.79 Å². The number of pyridine rings is 1. The Balaban J connectivity index is 2.59. The van der Waals surface area contributed by atoms with Crippen LogP contribution in [0.2, 0.25) is 0 Å². The van der Waals surface area contributed by atoms with E-state index in [-0.39, 0.29) is 5.43 Å². The maximum atomic E-state index is 11.1. The Bertz CT molecular complexity index is 470. The number of hydrogen-bond donors (Lipinski definition) is 1. The minimum Gasteiger partial charge on any atom is -0.360 e. The molecule has 2 aromatic heterocycles. The van der Waals surface area contributed by atoms with Crippen LogP contribution in [0.15, 0.2) is 34.6 Å². The molecule has 0 aromatic carbocycles. The van der Waals surface area contributed by atoms with Gasteiger partial charge in [-0.2, -0.15) is 0 Å². The lowest BCUT2D eigenvalue weighted by atomic mass is 10.2.